The summed E-state index contributed by atoms with van der Waals surface area (Å²) in [6, 6.07) is 0. The molecule has 0 saturated carbocycles. The van der Waals surface area contributed by atoms with Gasteiger partial charge < -0.3 is 40.0 Å². The minimum Gasteiger partial charge on any atom is -0.394 e. The second-order valence-corrected chi connectivity index (χ2v) is 5.72. The molecule has 14 heteroatoms. The van der Waals surface area contributed by atoms with Crippen molar-refractivity contribution in [3.8, 4) is 0 Å². The zero-order valence-corrected chi connectivity index (χ0v) is 11.9. The lowest BCUT2D eigenvalue weighted by Crippen LogP contribution is -2.18. The molecule has 0 fully saturated rings. The van der Waals surface area contributed by atoms with E-state index in [1.54, 1.807) is 0 Å². The smallest absolute Gasteiger partial charge is 0.394 e. The topological polar surface area (TPSA) is 214 Å². The lowest BCUT2D eigenvalue weighted by molar-refractivity contribution is 0.0418. The fraction of sp³-hybridized carbons (Fsp3) is 1.00. The summed E-state index contributed by atoms with van der Waals surface area (Å²) in [6.45, 7) is -2.30. The van der Waals surface area contributed by atoms with Gasteiger partial charge in [0.15, 0.2) is 0 Å². The predicted molar refractivity (Wildman–Crippen MR) is 62.2 cm³/mol. The van der Waals surface area contributed by atoms with Gasteiger partial charge in [-0.2, -0.15) is 0 Å². The lowest BCUT2D eigenvalue weighted by Gasteiger charge is -2.07. The van der Waals surface area contributed by atoms with Crippen molar-refractivity contribution in [2.45, 2.75) is 12.2 Å². The van der Waals surface area contributed by atoms with Gasteiger partial charge in [-0.05, 0) is 0 Å². The highest BCUT2D eigenvalue weighted by atomic mass is 31.2. The summed E-state index contributed by atoms with van der Waals surface area (Å²) < 4.78 is 27.5. The molecule has 0 aromatic carbocycles. The van der Waals surface area contributed by atoms with Crippen molar-refractivity contribution in [3.63, 3.8) is 0 Å². The Balaban J connectivity index is 0. The summed E-state index contributed by atoms with van der Waals surface area (Å²) >= 11 is 0. The molecular formula is C6H18O12P2. The van der Waals surface area contributed by atoms with E-state index >= 15 is 0 Å². The van der Waals surface area contributed by atoms with E-state index in [0.29, 0.717) is 0 Å². The quantitative estimate of drug-likeness (QED) is 0.205. The maximum absolute atomic E-state index is 9.93. The Morgan fingerprint density at radius 3 is 1.15 bits per heavy atom. The van der Waals surface area contributed by atoms with E-state index in [2.05, 4.69) is 9.05 Å². The number of phosphoric ester groups is 2. The Kier molecular flexibility index (Phi) is 12.0. The summed E-state index contributed by atoms with van der Waals surface area (Å²) in [6.07, 6.45) is -2.49. The number of hydrogen-bond donors (Lipinski definition) is 8. The monoisotopic (exact) mass is 344 g/mol. The van der Waals surface area contributed by atoms with E-state index in [0.717, 1.165) is 0 Å². The van der Waals surface area contributed by atoms with Gasteiger partial charge in [-0.25, -0.2) is 9.13 Å². The molecule has 20 heavy (non-hydrogen) atoms. The fourth-order valence-corrected chi connectivity index (χ4v) is 1.20. The SMILES string of the molecule is O=P(O)(O)OCC(O)CO.O=P(O)(O)OCC(O)CO. The highest BCUT2D eigenvalue weighted by molar-refractivity contribution is 7.46. The minimum absolute atomic E-state index is 0.569. The fourth-order valence-electron chi connectivity index (χ4n) is 0.472. The van der Waals surface area contributed by atoms with Crippen LogP contribution in [-0.4, -0.2) is 78.6 Å². The van der Waals surface area contributed by atoms with Gasteiger partial charge in [-0.15, -0.1) is 0 Å². The molecule has 0 bridgehead atoms. The van der Waals surface area contributed by atoms with Gasteiger partial charge in [-0.3, -0.25) is 9.05 Å². The molecule has 0 aromatic heterocycles. The average molecular weight is 344 g/mol. The number of aliphatic hydroxyl groups is 4. The Bertz CT molecular complexity index is 290. The van der Waals surface area contributed by atoms with E-state index in [-0.39, 0.29) is 0 Å². The van der Waals surface area contributed by atoms with Crippen molar-refractivity contribution in [2.24, 2.45) is 0 Å². The molecule has 0 radical (unpaired) electrons. The largest absolute Gasteiger partial charge is 0.469 e. The van der Waals surface area contributed by atoms with Crippen molar-refractivity contribution in [3.05, 3.63) is 0 Å². The molecule has 124 valence electrons. The van der Waals surface area contributed by atoms with Crippen LogP contribution in [0, 0.1) is 0 Å². The zero-order chi connectivity index (χ0) is 16.4. The van der Waals surface area contributed by atoms with Gasteiger partial charge in [0, 0.05) is 0 Å². The molecule has 0 amide bonds. The molecule has 0 aromatic rings. The van der Waals surface area contributed by atoms with Crippen LogP contribution in [0.15, 0.2) is 0 Å². The van der Waals surface area contributed by atoms with Gasteiger partial charge in [-0.1, -0.05) is 0 Å². The molecule has 8 N–H and O–H groups in total. The Labute approximate surface area is 113 Å². The summed E-state index contributed by atoms with van der Waals surface area (Å²) in [7, 11) is -9.01. The maximum Gasteiger partial charge on any atom is 0.469 e. The molecule has 2 atom stereocenters. The molecule has 0 saturated heterocycles. The Morgan fingerprint density at radius 1 is 0.750 bits per heavy atom. The van der Waals surface area contributed by atoms with Crippen LogP contribution in [0.5, 0.6) is 0 Å². The first kappa shape index (κ1) is 22.3. The molecule has 0 aliphatic heterocycles. The van der Waals surface area contributed by atoms with E-state index in [9.17, 15) is 9.13 Å². The highest BCUT2D eigenvalue weighted by Gasteiger charge is 2.16. The number of phosphoric acid groups is 2. The van der Waals surface area contributed by atoms with Gasteiger partial charge in [0.25, 0.3) is 0 Å². The number of hydrogen-bond acceptors (Lipinski definition) is 8. The van der Waals surface area contributed by atoms with Crippen LogP contribution in [-0.2, 0) is 18.2 Å². The van der Waals surface area contributed by atoms with Crippen LogP contribution >= 0.6 is 15.6 Å². The summed E-state index contributed by atoms with van der Waals surface area (Å²) in [5.41, 5.74) is 0. The zero-order valence-electron chi connectivity index (χ0n) is 10.1. The normalized spacial score (nSPS) is 15.2. The first-order chi connectivity index (χ1) is 8.91. The average Bonchev–Trinajstić information content (AvgIpc) is 2.31. The van der Waals surface area contributed by atoms with Crippen molar-refractivity contribution in [1.82, 2.24) is 0 Å². The molecule has 0 aliphatic rings. The molecule has 0 heterocycles. The first-order valence-corrected chi connectivity index (χ1v) is 7.95. The minimum atomic E-state index is -4.50. The predicted octanol–water partition coefficient (Wildman–Crippen LogP) is -3.10. The van der Waals surface area contributed by atoms with Gasteiger partial charge >= 0.3 is 15.6 Å². The molecule has 0 spiro atoms. The van der Waals surface area contributed by atoms with E-state index in [4.69, 9.17) is 40.0 Å². The molecule has 0 rings (SSSR count). The summed E-state index contributed by atoms with van der Waals surface area (Å²) in [5, 5.41) is 33.3. The van der Waals surface area contributed by atoms with Crippen LogP contribution in [0.1, 0.15) is 0 Å². The maximum atomic E-state index is 9.93. The second-order valence-electron chi connectivity index (χ2n) is 3.25. The van der Waals surface area contributed by atoms with Crippen molar-refractivity contribution < 1.29 is 58.2 Å². The Morgan fingerprint density at radius 2 is 1.00 bits per heavy atom. The summed E-state index contributed by atoms with van der Waals surface area (Å²) in [4.78, 5) is 32.2. The number of rotatable bonds is 8. The van der Waals surface area contributed by atoms with Gasteiger partial charge in [0.2, 0.25) is 0 Å². The number of aliphatic hydroxyl groups excluding tert-OH is 4. The van der Waals surface area contributed by atoms with E-state index < -0.39 is 54.3 Å². The van der Waals surface area contributed by atoms with Gasteiger partial charge in [0.1, 0.15) is 12.2 Å². The van der Waals surface area contributed by atoms with Crippen molar-refractivity contribution >= 4 is 15.6 Å². The van der Waals surface area contributed by atoms with Crippen LogP contribution in [0.25, 0.3) is 0 Å². The standard InChI is InChI=1S/2C3H9O6P/c2*4-1-3(5)2-9-10(6,7)8/h2*3-5H,1-2H2,(H2,6,7,8). The van der Waals surface area contributed by atoms with Crippen molar-refractivity contribution in [1.29, 1.82) is 0 Å². The summed E-state index contributed by atoms with van der Waals surface area (Å²) in [5.74, 6) is 0. The molecular weight excluding hydrogens is 326 g/mol. The van der Waals surface area contributed by atoms with Crippen LogP contribution in [0.4, 0.5) is 0 Å². The van der Waals surface area contributed by atoms with Crippen LogP contribution < -0.4 is 0 Å². The van der Waals surface area contributed by atoms with Crippen LogP contribution in [0.3, 0.4) is 0 Å². The lowest BCUT2D eigenvalue weighted by atomic mass is 10.4. The van der Waals surface area contributed by atoms with Gasteiger partial charge in [0.05, 0.1) is 26.4 Å². The third kappa shape index (κ3) is 20.4. The molecule has 0 aliphatic carbocycles. The first-order valence-electron chi connectivity index (χ1n) is 4.89. The molecule has 2 unspecified atom stereocenters. The third-order valence-corrected chi connectivity index (χ3v) is 2.26. The van der Waals surface area contributed by atoms with E-state index in [1.807, 2.05) is 0 Å². The third-order valence-electron chi connectivity index (χ3n) is 1.29. The van der Waals surface area contributed by atoms with Crippen molar-refractivity contribution in [2.75, 3.05) is 26.4 Å². The Hall–Kier alpha value is 0.0600. The highest BCUT2D eigenvalue weighted by Crippen LogP contribution is 2.36. The van der Waals surface area contributed by atoms with Crippen LogP contribution in [0.2, 0.25) is 0 Å². The molecule has 12 nitrogen and oxygen atoms in total. The second kappa shape index (κ2) is 10.7. The van der Waals surface area contributed by atoms with E-state index in [1.165, 1.54) is 0 Å².